The lowest BCUT2D eigenvalue weighted by Gasteiger charge is -2.55. The van der Waals surface area contributed by atoms with E-state index in [1.54, 1.807) is 16.7 Å². The van der Waals surface area contributed by atoms with Crippen molar-refractivity contribution in [2.45, 2.75) is 81.5 Å². The molecule has 7 rings (SSSR count). The van der Waals surface area contributed by atoms with Crippen LogP contribution in [-0.4, -0.2) is 120 Å². The highest BCUT2D eigenvalue weighted by molar-refractivity contribution is 8.00. The summed E-state index contributed by atoms with van der Waals surface area (Å²) >= 11 is 9.46. The Labute approximate surface area is 387 Å². The van der Waals surface area contributed by atoms with Gasteiger partial charge in [0.15, 0.2) is 0 Å². The van der Waals surface area contributed by atoms with E-state index in [1.165, 1.54) is 29.7 Å². The van der Waals surface area contributed by atoms with Crippen LogP contribution in [-0.2, 0) is 35.0 Å². The lowest BCUT2D eigenvalue weighted by molar-refractivity contribution is -0.986. The third-order valence-corrected chi connectivity index (χ3v) is 14.3. The van der Waals surface area contributed by atoms with Crippen molar-refractivity contribution in [2.75, 3.05) is 63.8 Å². The van der Waals surface area contributed by atoms with Crippen molar-refractivity contribution < 1.29 is 47.7 Å². The van der Waals surface area contributed by atoms with Crippen LogP contribution in [0.2, 0.25) is 5.02 Å². The van der Waals surface area contributed by atoms with Gasteiger partial charge >= 0.3 is 12.1 Å². The molecule has 2 saturated heterocycles. The maximum atomic E-state index is 15.9. The highest BCUT2D eigenvalue weighted by Gasteiger charge is 2.67. The number of esters is 1. The van der Waals surface area contributed by atoms with Crippen LogP contribution in [0, 0.1) is 11.0 Å². The molecule has 1 aliphatic carbocycles. The Morgan fingerprint density at radius 3 is 2.63 bits per heavy atom. The molecule has 4 amide bonds. The number of nitrogens with one attached hydrogen (secondary N) is 3. The molecular formula is C42H53ClFN9O10S2. The number of anilines is 1. The van der Waals surface area contributed by atoms with Crippen LogP contribution in [0.1, 0.15) is 73.1 Å². The average Bonchev–Trinajstić information content (AvgIpc) is 4.04. The fourth-order valence-electron chi connectivity index (χ4n) is 8.41. The maximum Gasteiger partial charge on any atom is 0.404 e. The van der Waals surface area contributed by atoms with E-state index in [-0.39, 0.29) is 83.2 Å². The van der Waals surface area contributed by atoms with Gasteiger partial charge < -0.3 is 51.0 Å². The zero-order chi connectivity index (χ0) is 46.6. The Morgan fingerprint density at radius 1 is 1.15 bits per heavy atom. The Morgan fingerprint density at radius 2 is 1.94 bits per heavy atom. The molecule has 3 aliphatic heterocycles. The van der Waals surface area contributed by atoms with Crippen LogP contribution in [0.5, 0.6) is 0 Å². The second-order valence-electron chi connectivity index (χ2n) is 16.3. The Bertz CT molecular complexity index is 2400. The number of hydrogen-bond acceptors (Lipinski definition) is 15. The van der Waals surface area contributed by atoms with Gasteiger partial charge in [0, 0.05) is 74.3 Å². The fourth-order valence-corrected chi connectivity index (χ4v) is 10.9. The number of hydroxylamine groups is 1. The van der Waals surface area contributed by atoms with Crippen molar-refractivity contribution in [3.8, 4) is 0 Å². The zero-order valence-corrected chi connectivity index (χ0v) is 38.4. The number of methoxy groups -OCH3 is 1. The molecule has 0 bridgehead atoms. The highest BCUT2D eigenvalue weighted by Crippen LogP contribution is 2.47. The molecule has 0 radical (unpaired) electrons. The standard InChI is InChI=1S/C42H53ClFN9O10S2/c1-3-13-50(15-7-12-47-37(56)29-20-51(26-10-11-26)34-28(36(29)55)18-30(44)35(32(34)43)49-14-5-4-8-25(45)19-49)52(60)23-63-38(57)33-24(21-62-41(46)59)22-65-40-42(61-2,39(58)53(33)40)48-31(54)17-27-9-6-16-64-27/h6,9,16,18,20,25-26,40,52H,3-5,7-8,10-15,17,19,21-23,45H2,1-2H3,(H2,46,59)(H,47,56)(H,48,54)/t25-,40-,42+/m1/s1. The highest BCUT2D eigenvalue weighted by atomic mass is 35.5. The van der Waals surface area contributed by atoms with E-state index in [0.29, 0.717) is 25.0 Å². The number of amides is 4. The van der Waals surface area contributed by atoms with Gasteiger partial charge in [-0.2, -0.15) is 5.01 Å². The minimum atomic E-state index is -1.80. The molecular weight excluding hydrogens is 909 g/mol. The van der Waals surface area contributed by atoms with E-state index >= 15 is 4.39 Å². The average molecular weight is 963 g/mol. The van der Waals surface area contributed by atoms with Gasteiger partial charge in [-0.25, -0.2) is 14.0 Å². The number of carbonyl (C=O) groups is 5. The number of quaternary nitrogens is 1. The molecule has 4 aliphatic rings. The number of fused-ring (bicyclic) bond motifs is 2. The number of pyridine rings is 1. The predicted octanol–water partition coefficient (Wildman–Crippen LogP) is 2.10. The van der Waals surface area contributed by atoms with Crippen molar-refractivity contribution in [3.05, 3.63) is 77.8 Å². The lowest BCUT2D eigenvalue weighted by Crippen LogP contribution is -3.14. The zero-order valence-electron chi connectivity index (χ0n) is 36.0. The van der Waals surface area contributed by atoms with Crippen LogP contribution < -0.4 is 37.6 Å². The number of thioether (sulfide) groups is 1. The number of thiophene rings is 1. The number of primary amides is 1. The number of benzene rings is 1. The first-order chi connectivity index (χ1) is 31.2. The summed E-state index contributed by atoms with van der Waals surface area (Å²) in [6, 6.07) is 4.57. The van der Waals surface area contributed by atoms with E-state index in [0.717, 1.165) is 59.7 Å². The van der Waals surface area contributed by atoms with E-state index < -0.39 is 70.6 Å². The minimum absolute atomic E-state index is 0.000887. The van der Waals surface area contributed by atoms with Gasteiger partial charge in [-0.05, 0) is 56.0 Å². The summed E-state index contributed by atoms with van der Waals surface area (Å²) in [7, 11) is 1.26. The largest absolute Gasteiger partial charge is 0.610 e. The first-order valence-corrected chi connectivity index (χ1v) is 23.8. The molecule has 0 spiro atoms. The number of hydrogen-bond donors (Lipinski definition) is 5. The number of ether oxygens (including phenoxy) is 3. The van der Waals surface area contributed by atoms with E-state index in [1.807, 2.05) is 17.2 Å². The van der Waals surface area contributed by atoms with Gasteiger partial charge in [0.2, 0.25) is 18.1 Å². The summed E-state index contributed by atoms with van der Waals surface area (Å²) in [5, 5.41) is 20.8. The Balaban J connectivity index is 0.987. The van der Waals surface area contributed by atoms with Crippen molar-refractivity contribution in [1.29, 1.82) is 0 Å². The van der Waals surface area contributed by atoms with Gasteiger partial charge in [-0.15, -0.1) is 23.1 Å². The predicted molar refractivity (Wildman–Crippen MR) is 241 cm³/mol. The summed E-state index contributed by atoms with van der Waals surface area (Å²) < 4.78 is 33.7. The number of aromatic nitrogens is 1. The Kier molecular flexibility index (Phi) is 15.4. The van der Waals surface area contributed by atoms with Gasteiger partial charge in [0.05, 0.1) is 28.0 Å². The van der Waals surface area contributed by atoms with Crippen LogP contribution in [0.3, 0.4) is 0 Å². The first kappa shape index (κ1) is 48.1. The quantitative estimate of drug-likeness (QED) is 0.0380. The third kappa shape index (κ3) is 10.3. The van der Waals surface area contributed by atoms with E-state index in [2.05, 4.69) is 10.6 Å². The number of rotatable bonds is 19. The molecule has 19 nitrogen and oxygen atoms in total. The summed E-state index contributed by atoms with van der Waals surface area (Å²) in [4.78, 5) is 83.1. The third-order valence-electron chi connectivity index (χ3n) is 11.7. The molecule has 352 valence electrons. The maximum absolute atomic E-state index is 15.9. The molecule has 4 atom stereocenters. The molecule has 23 heteroatoms. The second-order valence-corrected chi connectivity index (χ2v) is 18.8. The fraction of sp³-hybridized carbons (Fsp3) is 0.524. The number of carbonyl (C=O) groups excluding carboxylic acids is 5. The molecule has 3 fully saturated rings. The lowest BCUT2D eigenvalue weighted by atomic mass is 9.98. The van der Waals surface area contributed by atoms with Crippen LogP contribution in [0.4, 0.5) is 14.9 Å². The molecule has 3 aromatic rings. The van der Waals surface area contributed by atoms with Gasteiger partial charge in [0.25, 0.3) is 17.5 Å². The second kappa shape index (κ2) is 20.8. The number of nitrogens with zero attached hydrogens (tertiary/aromatic N) is 4. The van der Waals surface area contributed by atoms with Gasteiger partial charge in [0.1, 0.15) is 29.1 Å². The number of halogens is 2. The SMILES string of the molecule is CCCN(CCCNC(=O)c1cn(C2CC2)c2c(Cl)c(N3CCCC[C@@H](N)C3)c(F)cc2c1=O)[NH+]([O-])COC(=O)C1=C(COC(N)=O)CS[C@H]2N1C(=O)[C@]2(NC(=O)Cc1cccs1)OC. The summed E-state index contributed by atoms with van der Waals surface area (Å²) in [6.07, 6.45) is 5.34. The smallest absolute Gasteiger partial charge is 0.404 e. The topological polar surface area (TPSA) is 248 Å². The monoisotopic (exact) mass is 961 g/mol. The number of β-lactam (4-membered cyclic amide) rings is 1. The summed E-state index contributed by atoms with van der Waals surface area (Å²) in [5.41, 5.74) is 9.34. The number of nitrogens with two attached hydrogens (primary N) is 2. The molecule has 5 heterocycles. The molecule has 1 saturated carbocycles. The Hall–Kier alpha value is -4.81. The molecule has 7 N–H and O–H groups in total. The van der Waals surface area contributed by atoms with Crippen LogP contribution in [0.25, 0.3) is 10.9 Å². The van der Waals surface area contributed by atoms with Crippen LogP contribution in [0.15, 0.2) is 45.8 Å². The van der Waals surface area contributed by atoms with Crippen molar-refractivity contribution in [1.82, 2.24) is 25.1 Å². The minimum Gasteiger partial charge on any atom is -0.610 e. The normalized spacial score (nSPS) is 21.4. The summed E-state index contributed by atoms with van der Waals surface area (Å²) in [6.45, 7) is 2.18. The molecule has 65 heavy (non-hydrogen) atoms. The van der Waals surface area contributed by atoms with Crippen molar-refractivity contribution >= 4 is 81.1 Å². The summed E-state index contributed by atoms with van der Waals surface area (Å²) in [5.74, 6) is -3.56. The van der Waals surface area contributed by atoms with Crippen LogP contribution >= 0.6 is 34.7 Å². The molecule has 2 aromatic heterocycles. The van der Waals surface area contributed by atoms with E-state index in [9.17, 15) is 34.0 Å². The van der Waals surface area contributed by atoms with Gasteiger partial charge in [-0.3, -0.25) is 29.3 Å². The van der Waals surface area contributed by atoms with Crippen molar-refractivity contribution in [3.63, 3.8) is 0 Å². The van der Waals surface area contributed by atoms with Gasteiger partial charge in [-0.1, -0.05) is 31.0 Å². The molecule has 1 unspecified atom stereocenters. The van der Waals surface area contributed by atoms with E-state index in [4.69, 9.17) is 37.3 Å². The first-order valence-electron chi connectivity index (χ1n) is 21.5. The van der Waals surface area contributed by atoms with Crippen molar-refractivity contribution in [2.24, 2.45) is 11.5 Å². The molecule has 1 aromatic carbocycles.